The van der Waals surface area contributed by atoms with Gasteiger partial charge in [-0.05, 0) is 36.8 Å². The summed E-state index contributed by atoms with van der Waals surface area (Å²) in [5, 5.41) is 24.2. The van der Waals surface area contributed by atoms with E-state index in [4.69, 9.17) is 0 Å². The van der Waals surface area contributed by atoms with Gasteiger partial charge in [0.25, 0.3) is 0 Å². The van der Waals surface area contributed by atoms with Crippen LogP contribution >= 0.6 is 0 Å². The summed E-state index contributed by atoms with van der Waals surface area (Å²) in [4.78, 5) is 23.4. The van der Waals surface area contributed by atoms with Crippen molar-refractivity contribution in [2.45, 2.75) is 32.4 Å². The molecule has 0 bridgehead atoms. The number of phenolic OH excluding ortho intramolecular Hbond substituents is 1. The van der Waals surface area contributed by atoms with Crippen molar-refractivity contribution in [3.8, 4) is 5.75 Å². The van der Waals surface area contributed by atoms with Crippen molar-refractivity contribution >= 4 is 17.4 Å². The van der Waals surface area contributed by atoms with E-state index >= 15 is 0 Å². The molecule has 2 atom stereocenters. The first-order chi connectivity index (χ1) is 12.4. The number of quaternary nitrogens is 1. The Morgan fingerprint density at radius 1 is 1.15 bits per heavy atom. The maximum absolute atomic E-state index is 12.3. The van der Waals surface area contributed by atoms with Crippen LogP contribution < -0.4 is 23.0 Å². The number of phenols is 1. The second-order valence-corrected chi connectivity index (χ2v) is 6.36. The molecule has 0 saturated carbocycles. The Bertz CT molecular complexity index is 765. The molecule has 0 radical (unpaired) electrons. The van der Waals surface area contributed by atoms with Crippen LogP contribution in [-0.4, -0.2) is 34.5 Å². The zero-order chi connectivity index (χ0) is 19.1. The molecule has 0 aliphatic carbocycles. The van der Waals surface area contributed by atoms with Crippen LogP contribution in [-0.2, 0) is 4.79 Å². The minimum atomic E-state index is -0.686. The Labute approximate surface area is 165 Å². The van der Waals surface area contributed by atoms with Gasteiger partial charge in [0, 0.05) is 18.2 Å². The predicted octanol–water partition coefficient (Wildman–Crippen LogP) is -1.39. The lowest BCUT2D eigenvalue weighted by Gasteiger charge is -2.17. The smallest absolute Gasteiger partial charge is 0.221 e. The number of aliphatic hydroxyl groups is 1. The van der Waals surface area contributed by atoms with Crippen LogP contribution in [0.3, 0.4) is 0 Å². The molecule has 5 N–H and O–H groups in total. The summed E-state index contributed by atoms with van der Waals surface area (Å²) in [6.07, 6.45) is -0.357. The molecule has 0 heterocycles. The first kappa shape index (κ1) is 22.6. The summed E-state index contributed by atoms with van der Waals surface area (Å²) >= 11 is 0. The highest BCUT2D eigenvalue weighted by Gasteiger charge is 2.19. The van der Waals surface area contributed by atoms with E-state index in [-0.39, 0.29) is 35.9 Å². The molecule has 0 fully saturated rings. The number of hydrogen-bond acceptors (Lipinski definition) is 4. The predicted molar refractivity (Wildman–Crippen MR) is 99.0 cm³/mol. The Balaban J connectivity index is 0.00000364. The Hall–Kier alpha value is -2.41. The molecule has 146 valence electrons. The number of aliphatic hydroxyl groups excluding tert-OH is 1. The topological polar surface area (TPSA) is 103 Å². The number of carbonyl (C=O) groups excluding carboxylic acids is 2. The summed E-state index contributed by atoms with van der Waals surface area (Å²) in [7, 11) is 0. The molecule has 2 unspecified atom stereocenters. The lowest BCUT2D eigenvalue weighted by atomic mass is 10.0. The third-order valence-electron chi connectivity index (χ3n) is 4.15. The average Bonchev–Trinajstić information content (AvgIpc) is 2.61. The molecule has 6 nitrogen and oxygen atoms in total. The minimum absolute atomic E-state index is 0. The van der Waals surface area contributed by atoms with Gasteiger partial charge in [-0.3, -0.25) is 9.59 Å². The molecule has 0 saturated heterocycles. The van der Waals surface area contributed by atoms with Gasteiger partial charge < -0.3 is 33.3 Å². The van der Waals surface area contributed by atoms with E-state index in [1.165, 1.54) is 19.1 Å². The van der Waals surface area contributed by atoms with Crippen LogP contribution in [0.15, 0.2) is 48.5 Å². The first-order valence-corrected chi connectivity index (χ1v) is 8.58. The van der Waals surface area contributed by atoms with E-state index in [2.05, 4.69) is 5.32 Å². The number of rotatable bonds is 8. The molecule has 1 amide bonds. The summed E-state index contributed by atoms with van der Waals surface area (Å²) in [6, 6.07) is 13.2. The molecule has 2 aromatic carbocycles. The zero-order valence-corrected chi connectivity index (χ0v) is 16.1. The number of amides is 1. The zero-order valence-electron chi connectivity index (χ0n) is 15.4. The summed E-state index contributed by atoms with van der Waals surface area (Å²) in [6.45, 7) is 3.85. The normalized spacial score (nSPS) is 12.6. The highest BCUT2D eigenvalue weighted by atomic mass is 35.5. The number of ketones is 1. The lowest BCUT2D eigenvalue weighted by molar-refractivity contribution is -0.693. The van der Waals surface area contributed by atoms with Crippen molar-refractivity contribution in [3.63, 3.8) is 0 Å². The molecular formula is C20H25ClN2O4. The van der Waals surface area contributed by atoms with E-state index < -0.39 is 6.10 Å². The molecule has 0 aliphatic rings. The second kappa shape index (κ2) is 10.7. The van der Waals surface area contributed by atoms with E-state index in [9.17, 15) is 19.8 Å². The highest BCUT2D eigenvalue weighted by molar-refractivity contribution is 5.98. The van der Waals surface area contributed by atoms with E-state index in [0.717, 1.165) is 5.56 Å². The Kier molecular flexibility index (Phi) is 8.94. The van der Waals surface area contributed by atoms with Crippen LogP contribution in [0.2, 0.25) is 0 Å². The third kappa shape index (κ3) is 7.02. The van der Waals surface area contributed by atoms with E-state index in [1.807, 2.05) is 12.2 Å². The van der Waals surface area contributed by atoms with Crippen LogP contribution in [0.4, 0.5) is 5.69 Å². The van der Waals surface area contributed by atoms with Gasteiger partial charge in [-0.2, -0.15) is 0 Å². The Morgan fingerprint density at radius 3 is 2.44 bits per heavy atom. The van der Waals surface area contributed by atoms with Gasteiger partial charge in [-0.15, -0.1) is 0 Å². The molecule has 7 heteroatoms. The van der Waals surface area contributed by atoms with Gasteiger partial charge in [0.2, 0.25) is 5.91 Å². The standard InChI is InChI=1S/C20H24N2O4.ClH/c1-13(20(26)15-6-8-18(24)9-7-15)21-11-10-19(25)16-4-3-5-17(12-16)22-14(2)23;/h3-9,12-13,20-21,24,26H,10-11H2,1-2H3,(H,22,23);1H. The summed E-state index contributed by atoms with van der Waals surface area (Å²) in [5.41, 5.74) is 1.88. The molecule has 0 aliphatic heterocycles. The fourth-order valence-corrected chi connectivity index (χ4v) is 2.70. The fraction of sp³-hybridized carbons (Fsp3) is 0.300. The minimum Gasteiger partial charge on any atom is -1.00 e. The fourth-order valence-electron chi connectivity index (χ4n) is 2.70. The van der Waals surface area contributed by atoms with Gasteiger partial charge in [-0.25, -0.2) is 0 Å². The number of carbonyl (C=O) groups is 2. The van der Waals surface area contributed by atoms with Crippen LogP contribution in [0, 0.1) is 0 Å². The number of aromatic hydroxyl groups is 1. The number of nitrogens with two attached hydrogens (primary N) is 1. The highest BCUT2D eigenvalue weighted by Crippen LogP contribution is 2.18. The van der Waals surface area contributed by atoms with Gasteiger partial charge in [0.1, 0.15) is 17.9 Å². The van der Waals surface area contributed by atoms with Gasteiger partial charge >= 0.3 is 0 Å². The van der Waals surface area contributed by atoms with Gasteiger partial charge in [0.15, 0.2) is 5.78 Å². The number of benzene rings is 2. The molecular weight excluding hydrogens is 368 g/mol. The van der Waals surface area contributed by atoms with Crippen molar-refractivity contribution < 1.29 is 37.5 Å². The number of Topliss-reactive ketones (excluding diaryl/α,β-unsaturated/α-hetero) is 1. The van der Waals surface area contributed by atoms with Crippen molar-refractivity contribution in [2.75, 3.05) is 11.9 Å². The number of halogens is 1. The quantitative estimate of drug-likeness (QED) is 0.415. The van der Waals surface area contributed by atoms with Crippen LogP contribution in [0.5, 0.6) is 5.75 Å². The molecule has 2 rings (SSSR count). The van der Waals surface area contributed by atoms with Gasteiger partial charge in [0.05, 0.1) is 13.0 Å². The molecule has 0 aromatic heterocycles. The molecule has 0 spiro atoms. The average molecular weight is 393 g/mol. The second-order valence-electron chi connectivity index (χ2n) is 6.36. The summed E-state index contributed by atoms with van der Waals surface area (Å²) in [5.74, 6) is -0.0376. The maximum atomic E-state index is 12.3. The SMILES string of the molecule is CC(=O)Nc1cccc(C(=O)CC[NH2+]C(C)C(O)c2ccc(O)cc2)c1.[Cl-]. The van der Waals surface area contributed by atoms with E-state index in [1.54, 1.807) is 36.4 Å². The monoisotopic (exact) mass is 392 g/mol. The van der Waals surface area contributed by atoms with Crippen molar-refractivity contribution in [3.05, 3.63) is 59.7 Å². The molecule has 27 heavy (non-hydrogen) atoms. The first-order valence-electron chi connectivity index (χ1n) is 8.58. The van der Waals surface area contributed by atoms with Crippen molar-refractivity contribution in [1.29, 1.82) is 0 Å². The van der Waals surface area contributed by atoms with Gasteiger partial charge in [-0.1, -0.05) is 24.3 Å². The number of hydrogen-bond donors (Lipinski definition) is 4. The number of nitrogens with one attached hydrogen (secondary N) is 1. The van der Waals surface area contributed by atoms with E-state index in [0.29, 0.717) is 24.2 Å². The number of anilines is 1. The largest absolute Gasteiger partial charge is 1.00 e. The maximum Gasteiger partial charge on any atom is 0.221 e. The molecule has 2 aromatic rings. The van der Waals surface area contributed by atoms with Crippen molar-refractivity contribution in [2.24, 2.45) is 0 Å². The van der Waals surface area contributed by atoms with Crippen LogP contribution in [0.1, 0.15) is 42.3 Å². The summed E-state index contributed by atoms with van der Waals surface area (Å²) < 4.78 is 0. The van der Waals surface area contributed by atoms with Crippen molar-refractivity contribution in [1.82, 2.24) is 0 Å². The van der Waals surface area contributed by atoms with Crippen LogP contribution in [0.25, 0.3) is 0 Å². The Morgan fingerprint density at radius 2 is 1.81 bits per heavy atom. The lowest BCUT2D eigenvalue weighted by Crippen LogP contribution is -3.00. The third-order valence-corrected chi connectivity index (χ3v) is 4.15.